The molecular formula is C38H46ClN3O6S. The number of anilines is 1. The van der Waals surface area contributed by atoms with Gasteiger partial charge in [0.05, 0.1) is 34.0 Å². The highest BCUT2D eigenvalue weighted by molar-refractivity contribution is 7.99. The standard InChI is InChI=1S/C38H46ClN3O6S/c1-24-7-5-16-38(46-3,19-34-40-20-35(43)48-34)31-12-9-28(31)21-42-22-37(15-6-8-26-17-29(39)11-13-30(26)37)23-47-33-14-10-27(18-32(33)42)36(44)41-49(4,45)25(24)2/h5,10-11,13-14,16-18,24-25,28,31H,4,6-9,12,15,19-23H2,1-3H3,(H,41,44,45)/b16-5+/t24-,25+,28-,31+,37-,38+,49?/m0/s1. The number of nitrogens with one attached hydrogen (secondary N) is 1. The van der Waals surface area contributed by atoms with Crippen LogP contribution in [0.3, 0.4) is 0 Å². The largest absolute Gasteiger partial charge is 0.490 e. The molecule has 49 heavy (non-hydrogen) atoms. The number of amides is 1. The predicted molar refractivity (Wildman–Crippen MR) is 194 cm³/mol. The number of nitrogens with zero attached hydrogens (tertiary/aromatic N) is 2. The Labute approximate surface area is 294 Å². The normalized spacial score (nSPS) is 35.1. The van der Waals surface area contributed by atoms with Crippen molar-refractivity contribution in [1.29, 1.82) is 0 Å². The average molecular weight is 708 g/mol. The SMILES string of the molecule is C=S1(=O)NC(=O)c2ccc3c(c2)N(C[C@@H]2CC[C@H]2[C@@](CC2=NCC(=O)O2)(OC)/C=C/C[C@H](C)[C@H]1C)C[C@@]1(CCCc2cc(Cl)ccc21)CO3. The van der Waals surface area contributed by atoms with E-state index in [0.29, 0.717) is 49.7 Å². The molecule has 262 valence electrons. The van der Waals surface area contributed by atoms with Crippen molar-refractivity contribution in [1.82, 2.24) is 4.72 Å². The molecular weight excluding hydrogens is 662 g/mol. The maximum Gasteiger partial charge on any atom is 0.334 e. The lowest BCUT2D eigenvalue weighted by Gasteiger charge is -2.50. The first-order valence-corrected chi connectivity index (χ1v) is 19.5. The molecule has 2 aliphatic carbocycles. The minimum atomic E-state index is -3.00. The first kappa shape index (κ1) is 34.1. The van der Waals surface area contributed by atoms with Crippen molar-refractivity contribution >= 4 is 50.6 Å². The average Bonchev–Trinajstić information content (AvgIpc) is 3.40. The van der Waals surface area contributed by atoms with Crippen molar-refractivity contribution < 1.29 is 28.0 Å². The summed E-state index contributed by atoms with van der Waals surface area (Å²) in [5.74, 6) is 4.65. The number of allylic oxidation sites excluding steroid dienone is 1. The second-order valence-electron chi connectivity index (χ2n) is 14.7. The summed E-state index contributed by atoms with van der Waals surface area (Å²) >= 11 is 6.47. The van der Waals surface area contributed by atoms with Gasteiger partial charge in [-0.05, 0) is 111 Å². The molecule has 1 unspecified atom stereocenters. The molecule has 9 nitrogen and oxygen atoms in total. The van der Waals surface area contributed by atoms with Crippen LogP contribution >= 0.6 is 11.6 Å². The summed E-state index contributed by atoms with van der Waals surface area (Å²) in [7, 11) is -1.28. The molecule has 1 N–H and O–H groups in total. The molecule has 7 atom stereocenters. The van der Waals surface area contributed by atoms with Gasteiger partial charge in [-0.2, -0.15) is 0 Å². The van der Waals surface area contributed by atoms with Crippen molar-refractivity contribution in [2.24, 2.45) is 22.7 Å². The van der Waals surface area contributed by atoms with E-state index in [0.717, 1.165) is 42.8 Å². The maximum atomic E-state index is 13.9. The number of aliphatic imine (C=N–C) groups is 1. The number of cyclic esters (lactones) is 1. The summed E-state index contributed by atoms with van der Waals surface area (Å²) in [4.78, 5) is 32.5. The smallest absolute Gasteiger partial charge is 0.334 e. The van der Waals surface area contributed by atoms with E-state index < -0.39 is 26.5 Å². The highest BCUT2D eigenvalue weighted by Crippen LogP contribution is 2.50. The third-order valence-electron chi connectivity index (χ3n) is 11.8. The molecule has 0 radical (unpaired) electrons. The maximum absolute atomic E-state index is 13.9. The van der Waals surface area contributed by atoms with Crippen molar-refractivity contribution in [2.75, 3.05) is 38.3 Å². The molecule has 1 spiro atoms. The highest BCUT2D eigenvalue weighted by Gasteiger charge is 2.50. The van der Waals surface area contributed by atoms with Gasteiger partial charge >= 0.3 is 5.97 Å². The molecule has 3 heterocycles. The van der Waals surface area contributed by atoms with E-state index in [4.69, 9.17) is 25.8 Å². The fourth-order valence-electron chi connectivity index (χ4n) is 8.61. The van der Waals surface area contributed by atoms with Crippen molar-refractivity contribution in [3.8, 4) is 5.75 Å². The van der Waals surface area contributed by atoms with Gasteiger partial charge < -0.3 is 19.1 Å². The molecule has 11 heteroatoms. The number of hydrogen-bond donors (Lipinski definition) is 1. The number of aryl methyl sites for hydroxylation is 1. The Morgan fingerprint density at radius 1 is 1.18 bits per heavy atom. The van der Waals surface area contributed by atoms with Crippen LogP contribution in [0.1, 0.15) is 73.9 Å². The van der Waals surface area contributed by atoms with Gasteiger partial charge in [0.15, 0.2) is 5.90 Å². The van der Waals surface area contributed by atoms with Crippen LogP contribution in [0.15, 0.2) is 53.5 Å². The van der Waals surface area contributed by atoms with Crippen LogP contribution in [0, 0.1) is 17.8 Å². The summed E-state index contributed by atoms with van der Waals surface area (Å²) in [6.45, 7) is 5.82. The number of hydrogen-bond acceptors (Lipinski definition) is 8. The monoisotopic (exact) mass is 707 g/mol. The number of halogens is 1. The summed E-state index contributed by atoms with van der Waals surface area (Å²) in [5, 5.41) is 0.335. The minimum absolute atomic E-state index is 0.0206. The van der Waals surface area contributed by atoms with Crippen LogP contribution in [-0.2, 0) is 35.8 Å². The number of methoxy groups -OCH3 is 1. The van der Waals surface area contributed by atoms with Gasteiger partial charge in [-0.25, -0.2) is 14.0 Å². The molecule has 1 amide bonds. The first-order chi connectivity index (χ1) is 23.4. The Morgan fingerprint density at radius 2 is 2.02 bits per heavy atom. The van der Waals surface area contributed by atoms with Gasteiger partial charge in [0.2, 0.25) is 0 Å². The Balaban J connectivity index is 1.33. The van der Waals surface area contributed by atoms with Gasteiger partial charge in [-0.1, -0.05) is 36.7 Å². The molecule has 2 aromatic rings. The molecule has 3 aliphatic heterocycles. The molecule has 1 fully saturated rings. The van der Waals surface area contributed by atoms with E-state index >= 15 is 0 Å². The van der Waals surface area contributed by atoms with E-state index in [1.54, 1.807) is 13.2 Å². The quantitative estimate of drug-likeness (QED) is 0.240. The number of ether oxygens (including phenoxy) is 3. The third kappa shape index (κ3) is 6.40. The zero-order valence-electron chi connectivity index (χ0n) is 28.5. The van der Waals surface area contributed by atoms with Crippen LogP contribution in [0.25, 0.3) is 0 Å². The molecule has 5 aliphatic rings. The molecule has 0 aromatic heterocycles. The van der Waals surface area contributed by atoms with Crippen LogP contribution in [0.2, 0.25) is 5.02 Å². The van der Waals surface area contributed by atoms with Crippen LogP contribution < -0.4 is 14.4 Å². The molecule has 7 rings (SSSR count). The Kier molecular flexibility index (Phi) is 9.11. The van der Waals surface area contributed by atoms with E-state index in [2.05, 4.69) is 44.8 Å². The zero-order valence-corrected chi connectivity index (χ0v) is 30.1. The number of esters is 1. The van der Waals surface area contributed by atoms with Crippen LogP contribution in [0.4, 0.5) is 5.69 Å². The zero-order chi connectivity index (χ0) is 34.6. The predicted octanol–water partition coefficient (Wildman–Crippen LogP) is 5.92. The number of fused-ring (bicyclic) bond motifs is 4. The number of carbonyl (C=O) groups is 2. The third-order valence-corrected chi connectivity index (χ3v) is 14.2. The van der Waals surface area contributed by atoms with E-state index in [9.17, 15) is 13.8 Å². The van der Waals surface area contributed by atoms with Gasteiger partial charge in [0.1, 0.15) is 12.3 Å². The Bertz CT molecular complexity index is 1830. The lowest BCUT2D eigenvalue weighted by molar-refractivity contribution is -0.132. The van der Waals surface area contributed by atoms with Crippen molar-refractivity contribution in [3.05, 3.63) is 70.3 Å². The fraction of sp³-hybridized carbons (Fsp3) is 0.526. The number of carbonyl (C=O) groups excluding carboxylic acids is 2. The second-order valence-corrected chi connectivity index (χ2v) is 17.6. The lowest BCUT2D eigenvalue weighted by Crippen LogP contribution is -2.53. The first-order valence-electron chi connectivity index (χ1n) is 17.4. The summed E-state index contributed by atoms with van der Waals surface area (Å²) in [5.41, 5.74) is 2.74. The van der Waals surface area contributed by atoms with Gasteiger partial charge in [0.25, 0.3) is 5.91 Å². The summed E-state index contributed by atoms with van der Waals surface area (Å²) in [6, 6.07) is 11.7. The van der Waals surface area contributed by atoms with Gasteiger partial charge in [-0.3, -0.25) is 9.52 Å². The Morgan fingerprint density at radius 3 is 2.76 bits per heavy atom. The fourth-order valence-corrected chi connectivity index (χ4v) is 10.3. The minimum Gasteiger partial charge on any atom is -0.490 e. The highest BCUT2D eigenvalue weighted by atomic mass is 35.5. The summed E-state index contributed by atoms with van der Waals surface area (Å²) < 4.78 is 35.3. The van der Waals surface area contributed by atoms with E-state index in [-0.39, 0.29) is 35.7 Å². The number of rotatable bonds is 3. The molecule has 2 aromatic carbocycles. The van der Waals surface area contributed by atoms with Gasteiger partial charge in [0, 0.05) is 41.5 Å². The van der Waals surface area contributed by atoms with Gasteiger partial charge in [-0.15, -0.1) is 0 Å². The topological polar surface area (TPSA) is 107 Å². The Hall–Kier alpha value is -3.34. The molecule has 2 bridgehead atoms. The molecule has 1 saturated carbocycles. The second kappa shape index (κ2) is 13.1. The van der Waals surface area contributed by atoms with Crippen molar-refractivity contribution in [2.45, 2.75) is 75.1 Å². The summed E-state index contributed by atoms with van der Waals surface area (Å²) in [6.07, 6.45) is 10.0. The van der Waals surface area contributed by atoms with E-state index in [1.165, 1.54) is 11.1 Å². The molecule has 0 saturated heterocycles. The van der Waals surface area contributed by atoms with Crippen LogP contribution in [-0.4, -0.2) is 72.1 Å². The lowest BCUT2D eigenvalue weighted by atomic mass is 9.63. The van der Waals surface area contributed by atoms with E-state index in [1.807, 2.05) is 32.0 Å². The van der Waals surface area contributed by atoms with Crippen molar-refractivity contribution in [3.63, 3.8) is 0 Å². The van der Waals surface area contributed by atoms with Crippen LogP contribution in [0.5, 0.6) is 5.75 Å². The number of benzene rings is 2.